The van der Waals surface area contributed by atoms with E-state index in [4.69, 9.17) is 9.47 Å². The number of esters is 1. The number of Topliss-reactive ketones (excluding diaryl/α,β-unsaturated/α-hetero) is 2. The number of allylic oxidation sites excluding steroid dienone is 1. The molecule has 28 heavy (non-hydrogen) atoms. The molecular weight excluding hydrogens is 356 g/mol. The lowest BCUT2D eigenvalue weighted by Gasteiger charge is -2.36. The second-order valence-corrected chi connectivity index (χ2v) is 8.22. The molecule has 150 valence electrons. The number of fused-ring (bicyclic) bond motifs is 1. The fourth-order valence-electron chi connectivity index (χ4n) is 4.72. The van der Waals surface area contributed by atoms with E-state index in [9.17, 15) is 14.4 Å². The Hall–Kier alpha value is -2.43. The number of ether oxygens (including phenoxy) is 2. The predicted molar refractivity (Wildman–Crippen MR) is 105 cm³/mol. The van der Waals surface area contributed by atoms with Crippen molar-refractivity contribution in [3.05, 3.63) is 41.0 Å². The van der Waals surface area contributed by atoms with Crippen LogP contribution >= 0.6 is 0 Å². The standard InChI is InChI=1S/C23H28O5/c1-12(2)17-10-19(25)13(3)21-20(11-18(14(4)24)22(17)21)28-23(26)15-6-8-16(27-5)9-7-15/h6-9,12,17-18,20,22H,10-11H2,1-5H3. The molecule has 5 heteroatoms. The van der Waals surface area contributed by atoms with Crippen molar-refractivity contribution in [2.24, 2.45) is 23.7 Å². The lowest BCUT2D eigenvalue weighted by atomic mass is 9.68. The number of rotatable bonds is 5. The van der Waals surface area contributed by atoms with Gasteiger partial charge in [0.25, 0.3) is 0 Å². The van der Waals surface area contributed by atoms with Gasteiger partial charge in [-0.1, -0.05) is 13.8 Å². The Morgan fingerprint density at radius 2 is 1.79 bits per heavy atom. The van der Waals surface area contributed by atoms with Crippen molar-refractivity contribution >= 4 is 17.5 Å². The molecule has 2 aliphatic carbocycles. The Labute approximate surface area is 166 Å². The predicted octanol–water partition coefficient (Wildman–Crippen LogP) is 4.01. The van der Waals surface area contributed by atoms with Gasteiger partial charge in [-0.15, -0.1) is 0 Å². The molecule has 4 unspecified atom stereocenters. The van der Waals surface area contributed by atoms with Gasteiger partial charge in [-0.05, 0) is 73.4 Å². The lowest BCUT2D eigenvalue weighted by Crippen LogP contribution is -2.35. The van der Waals surface area contributed by atoms with E-state index in [1.54, 1.807) is 45.2 Å². The Balaban J connectivity index is 1.92. The van der Waals surface area contributed by atoms with Crippen molar-refractivity contribution in [2.45, 2.75) is 46.6 Å². The molecule has 0 aliphatic heterocycles. The molecule has 4 atom stereocenters. The maximum absolute atomic E-state index is 12.7. The number of hydrogen-bond acceptors (Lipinski definition) is 5. The molecule has 0 N–H and O–H groups in total. The van der Waals surface area contributed by atoms with E-state index in [0.717, 1.165) is 5.57 Å². The van der Waals surface area contributed by atoms with Gasteiger partial charge in [-0.25, -0.2) is 4.79 Å². The molecule has 1 aromatic rings. The van der Waals surface area contributed by atoms with Gasteiger partial charge in [0.15, 0.2) is 5.78 Å². The van der Waals surface area contributed by atoms with Gasteiger partial charge in [0, 0.05) is 12.3 Å². The van der Waals surface area contributed by atoms with Crippen molar-refractivity contribution in [2.75, 3.05) is 7.11 Å². The first-order valence-electron chi connectivity index (χ1n) is 9.83. The first-order chi connectivity index (χ1) is 13.2. The van der Waals surface area contributed by atoms with Crippen LogP contribution in [0.1, 0.15) is 50.9 Å². The molecule has 0 amide bonds. The summed E-state index contributed by atoms with van der Waals surface area (Å²) < 4.78 is 10.9. The maximum atomic E-state index is 12.7. The molecule has 1 fully saturated rings. The normalized spacial score (nSPS) is 27.0. The zero-order valence-electron chi connectivity index (χ0n) is 17.2. The Bertz CT molecular complexity index is 818. The number of hydrogen-bond donors (Lipinski definition) is 0. The second kappa shape index (κ2) is 7.90. The van der Waals surface area contributed by atoms with Crippen LogP contribution in [-0.4, -0.2) is 30.7 Å². The minimum absolute atomic E-state index is 0.0242. The highest BCUT2D eigenvalue weighted by Gasteiger charge is 2.51. The molecule has 1 aromatic carbocycles. The number of carbonyl (C=O) groups excluding carboxylic acids is 3. The van der Waals surface area contributed by atoms with Gasteiger partial charge >= 0.3 is 5.97 Å². The van der Waals surface area contributed by atoms with E-state index in [1.807, 2.05) is 0 Å². The van der Waals surface area contributed by atoms with Gasteiger partial charge in [0.1, 0.15) is 17.6 Å². The fraction of sp³-hybridized carbons (Fsp3) is 0.522. The second-order valence-electron chi connectivity index (χ2n) is 8.22. The third-order valence-electron chi connectivity index (χ3n) is 6.29. The largest absolute Gasteiger partial charge is 0.497 e. The zero-order valence-corrected chi connectivity index (χ0v) is 17.2. The molecular formula is C23H28O5. The van der Waals surface area contributed by atoms with E-state index in [-0.39, 0.29) is 35.2 Å². The monoisotopic (exact) mass is 384 g/mol. The van der Waals surface area contributed by atoms with E-state index < -0.39 is 12.1 Å². The molecule has 0 spiro atoms. The summed E-state index contributed by atoms with van der Waals surface area (Å²) in [7, 11) is 1.56. The van der Waals surface area contributed by atoms with Crippen LogP contribution in [0.15, 0.2) is 35.4 Å². The van der Waals surface area contributed by atoms with Crippen molar-refractivity contribution in [1.29, 1.82) is 0 Å². The van der Waals surface area contributed by atoms with Crippen LogP contribution < -0.4 is 4.74 Å². The molecule has 1 saturated carbocycles. The fourth-order valence-corrected chi connectivity index (χ4v) is 4.72. The number of benzene rings is 1. The molecule has 3 rings (SSSR count). The van der Waals surface area contributed by atoms with Crippen LogP contribution in [0.25, 0.3) is 0 Å². The summed E-state index contributed by atoms with van der Waals surface area (Å²) in [5, 5.41) is 0. The van der Waals surface area contributed by atoms with E-state index in [1.165, 1.54) is 0 Å². The minimum atomic E-state index is -0.529. The summed E-state index contributed by atoms with van der Waals surface area (Å²) in [6.45, 7) is 7.57. The van der Waals surface area contributed by atoms with Gasteiger partial charge in [0.05, 0.1) is 12.7 Å². The van der Waals surface area contributed by atoms with Crippen LogP contribution in [0, 0.1) is 23.7 Å². The van der Waals surface area contributed by atoms with Crippen molar-refractivity contribution in [3.63, 3.8) is 0 Å². The van der Waals surface area contributed by atoms with Crippen LogP contribution in [0.3, 0.4) is 0 Å². The van der Waals surface area contributed by atoms with Crippen LogP contribution in [0.5, 0.6) is 5.75 Å². The van der Waals surface area contributed by atoms with Gasteiger partial charge in [-0.2, -0.15) is 0 Å². The van der Waals surface area contributed by atoms with Crippen LogP contribution in [0.2, 0.25) is 0 Å². The van der Waals surface area contributed by atoms with Gasteiger partial charge in [0.2, 0.25) is 0 Å². The summed E-state index contributed by atoms with van der Waals surface area (Å²) in [6.07, 6.45) is 0.380. The van der Waals surface area contributed by atoms with Crippen LogP contribution in [0.4, 0.5) is 0 Å². The van der Waals surface area contributed by atoms with Gasteiger partial charge in [-0.3, -0.25) is 9.59 Å². The molecule has 0 radical (unpaired) electrons. The third-order valence-corrected chi connectivity index (χ3v) is 6.29. The smallest absolute Gasteiger partial charge is 0.338 e. The zero-order chi connectivity index (χ0) is 20.6. The van der Waals surface area contributed by atoms with Crippen molar-refractivity contribution < 1.29 is 23.9 Å². The summed E-state index contributed by atoms with van der Waals surface area (Å²) in [5.74, 6) is 0.543. The summed E-state index contributed by atoms with van der Waals surface area (Å²) in [6, 6.07) is 6.71. The Kier molecular flexibility index (Phi) is 5.73. The van der Waals surface area contributed by atoms with Crippen molar-refractivity contribution in [1.82, 2.24) is 0 Å². The lowest BCUT2D eigenvalue weighted by molar-refractivity contribution is -0.124. The molecule has 5 nitrogen and oxygen atoms in total. The minimum Gasteiger partial charge on any atom is -0.497 e. The summed E-state index contributed by atoms with van der Waals surface area (Å²) in [4.78, 5) is 37.7. The molecule has 0 bridgehead atoms. The molecule has 0 heterocycles. The van der Waals surface area contributed by atoms with E-state index in [0.29, 0.717) is 29.7 Å². The average molecular weight is 384 g/mol. The highest BCUT2D eigenvalue weighted by atomic mass is 16.5. The average Bonchev–Trinajstić information content (AvgIpc) is 3.04. The summed E-state index contributed by atoms with van der Waals surface area (Å²) >= 11 is 0. The van der Waals surface area contributed by atoms with Gasteiger partial charge < -0.3 is 9.47 Å². The quantitative estimate of drug-likeness (QED) is 0.718. The van der Waals surface area contributed by atoms with E-state index in [2.05, 4.69) is 13.8 Å². The SMILES string of the molecule is COc1ccc(C(=O)OC2CC(C(C)=O)C3C2=C(C)C(=O)CC3C(C)C)cc1. The highest BCUT2D eigenvalue weighted by Crippen LogP contribution is 2.51. The number of methoxy groups -OCH3 is 1. The highest BCUT2D eigenvalue weighted by molar-refractivity contribution is 5.98. The maximum Gasteiger partial charge on any atom is 0.338 e. The molecule has 0 saturated heterocycles. The third kappa shape index (κ3) is 3.62. The molecule has 0 aromatic heterocycles. The first-order valence-corrected chi connectivity index (χ1v) is 9.83. The Morgan fingerprint density at radius 1 is 1.14 bits per heavy atom. The number of ketones is 2. The Morgan fingerprint density at radius 3 is 2.32 bits per heavy atom. The van der Waals surface area contributed by atoms with E-state index >= 15 is 0 Å². The van der Waals surface area contributed by atoms with Crippen LogP contribution in [-0.2, 0) is 14.3 Å². The van der Waals surface area contributed by atoms with Crippen molar-refractivity contribution in [3.8, 4) is 5.75 Å². The topological polar surface area (TPSA) is 69.7 Å². The number of carbonyl (C=O) groups is 3. The summed E-state index contributed by atoms with van der Waals surface area (Å²) in [5.41, 5.74) is 1.94. The molecule has 2 aliphatic rings. The first kappa shape index (κ1) is 20.3.